The molecule has 4 nitrogen and oxygen atoms in total. The molecule has 25 heavy (non-hydrogen) atoms. The predicted octanol–water partition coefficient (Wildman–Crippen LogP) is 4.19. The van der Waals surface area contributed by atoms with Gasteiger partial charge in [0.25, 0.3) is 0 Å². The molecular weight excluding hydrogens is 330 g/mol. The standard InChI is InChI=1S/C20H27N3OS/c1-15-6-7-16(2)19(13-15)21-20(25)23(14-18-5-4-12-24-18)17-8-10-22(3)11-9-17/h4-7,12-13,17H,8-11,14H2,1-3H3,(H,21,25). The van der Waals surface area contributed by atoms with Gasteiger partial charge in [-0.3, -0.25) is 0 Å². The second kappa shape index (κ2) is 8.02. The Bertz CT molecular complexity index is 706. The van der Waals surface area contributed by atoms with Crippen LogP contribution in [0, 0.1) is 13.8 Å². The van der Waals surface area contributed by atoms with Crippen molar-refractivity contribution in [3.05, 3.63) is 53.5 Å². The van der Waals surface area contributed by atoms with Gasteiger partial charge in [-0.2, -0.15) is 0 Å². The highest BCUT2D eigenvalue weighted by molar-refractivity contribution is 7.80. The average Bonchev–Trinajstić information content (AvgIpc) is 3.10. The van der Waals surface area contributed by atoms with Gasteiger partial charge in [-0.15, -0.1) is 0 Å². The van der Waals surface area contributed by atoms with E-state index in [4.69, 9.17) is 16.6 Å². The summed E-state index contributed by atoms with van der Waals surface area (Å²) in [5.41, 5.74) is 3.52. The molecule has 134 valence electrons. The number of likely N-dealkylation sites (tertiary alicyclic amines) is 1. The van der Waals surface area contributed by atoms with Crippen LogP contribution in [0.2, 0.25) is 0 Å². The van der Waals surface area contributed by atoms with Gasteiger partial charge in [0.1, 0.15) is 5.76 Å². The minimum atomic E-state index is 0.436. The molecule has 0 amide bonds. The molecular formula is C20H27N3OS. The minimum absolute atomic E-state index is 0.436. The molecule has 0 saturated carbocycles. The van der Waals surface area contributed by atoms with Crippen LogP contribution in [0.4, 0.5) is 5.69 Å². The molecule has 0 bridgehead atoms. The van der Waals surface area contributed by atoms with E-state index in [0.29, 0.717) is 12.6 Å². The maximum atomic E-state index is 5.80. The summed E-state index contributed by atoms with van der Waals surface area (Å²) in [5.74, 6) is 0.948. The molecule has 3 rings (SSSR count). The van der Waals surface area contributed by atoms with E-state index in [-0.39, 0.29) is 0 Å². The first-order valence-corrected chi connectivity index (χ1v) is 9.29. The summed E-state index contributed by atoms with van der Waals surface area (Å²) < 4.78 is 5.58. The first-order valence-electron chi connectivity index (χ1n) is 8.89. The first kappa shape index (κ1) is 18.0. The highest BCUT2D eigenvalue weighted by atomic mass is 32.1. The number of aryl methyl sites for hydroxylation is 2. The summed E-state index contributed by atoms with van der Waals surface area (Å²) in [6, 6.07) is 10.8. The van der Waals surface area contributed by atoms with Crippen molar-refractivity contribution in [3.8, 4) is 0 Å². The van der Waals surface area contributed by atoms with Crippen LogP contribution < -0.4 is 5.32 Å². The summed E-state index contributed by atoms with van der Waals surface area (Å²) in [4.78, 5) is 4.67. The molecule has 0 atom stereocenters. The molecule has 1 aromatic carbocycles. The molecule has 1 aromatic heterocycles. The number of rotatable bonds is 4. The lowest BCUT2D eigenvalue weighted by Gasteiger charge is -2.38. The van der Waals surface area contributed by atoms with Crippen molar-refractivity contribution in [2.75, 3.05) is 25.5 Å². The van der Waals surface area contributed by atoms with Crippen molar-refractivity contribution in [2.45, 2.75) is 39.3 Å². The third-order valence-electron chi connectivity index (χ3n) is 4.93. The summed E-state index contributed by atoms with van der Waals surface area (Å²) in [6.45, 7) is 7.12. The SMILES string of the molecule is Cc1ccc(C)c(NC(=S)N(Cc2ccco2)C2CCN(C)CC2)c1. The zero-order valence-corrected chi connectivity index (χ0v) is 16.1. The van der Waals surface area contributed by atoms with Crippen molar-refractivity contribution in [1.29, 1.82) is 0 Å². The summed E-state index contributed by atoms with van der Waals surface area (Å²) >= 11 is 5.80. The van der Waals surface area contributed by atoms with Gasteiger partial charge in [0.15, 0.2) is 5.11 Å². The van der Waals surface area contributed by atoms with Crippen molar-refractivity contribution >= 4 is 23.0 Å². The molecule has 0 spiro atoms. The number of furan rings is 1. The van der Waals surface area contributed by atoms with Crippen LogP contribution in [0.3, 0.4) is 0 Å². The van der Waals surface area contributed by atoms with E-state index in [9.17, 15) is 0 Å². The van der Waals surface area contributed by atoms with E-state index in [0.717, 1.165) is 42.5 Å². The van der Waals surface area contributed by atoms with Gasteiger partial charge >= 0.3 is 0 Å². The Morgan fingerprint density at radius 3 is 2.72 bits per heavy atom. The smallest absolute Gasteiger partial charge is 0.174 e. The maximum absolute atomic E-state index is 5.80. The third-order valence-corrected chi connectivity index (χ3v) is 5.27. The Morgan fingerprint density at radius 2 is 2.04 bits per heavy atom. The van der Waals surface area contributed by atoms with Crippen LogP contribution in [-0.2, 0) is 6.54 Å². The van der Waals surface area contributed by atoms with Gasteiger partial charge < -0.3 is 19.5 Å². The monoisotopic (exact) mass is 357 g/mol. The second-order valence-electron chi connectivity index (χ2n) is 6.99. The molecule has 1 fully saturated rings. The van der Waals surface area contributed by atoms with Crippen molar-refractivity contribution in [2.24, 2.45) is 0 Å². The van der Waals surface area contributed by atoms with Crippen LogP contribution in [0.15, 0.2) is 41.0 Å². The van der Waals surface area contributed by atoms with Crippen LogP contribution in [-0.4, -0.2) is 41.1 Å². The summed E-state index contributed by atoms with van der Waals surface area (Å²) in [7, 11) is 2.18. The molecule has 1 aliphatic rings. The quantitative estimate of drug-likeness (QED) is 0.830. The fourth-order valence-electron chi connectivity index (χ4n) is 3.30. The fraction of sp³-hybridized carbons (Fsp3) is 0.450. The average molecular weight is 358 g/mol. The molecule has 1 saturated heterocycles. The molecule has 2 heterocycles. The largest absolute Gasteiger partial charge is 0.467 e. The topological polar surface area (TPSA) is 31.6 Å². The Balaban J connectivity index is 1.77. The number of hydrogen-bond acceptors (Lipinski definition) is 3. The number of hydrogen-bond donors (Lipinski definition) is 1. The number of nitrogens with one attached hydrogen (secondary N) is 1. The minimum Gasteiger partial charge on any atom is -0.467 e. The van der Waals surface area contributed by atoms with Crippen LogP contribution in [0.1, 0.15) is 29.7 Å². The van der Waals surface area contributed by atoms with Gasteiger partial charge in [0.05, 0.1) is 12.8 Å². The van der Waals surface area contributed by atoms with Gasteiger partial charge in [0, 0.05) is 11.7 Å². The molecule has 0 radical (unpaired) electrons. The van der Waals surface area contributed by atoms with E-state index >= 15 is 0 Å². The molecule has 0 unspecified atom stereocenters. The van der Waals surface area contributed by atoms with Gasteiger partial charge in [-0.25, -0.2) is 0 Å². The highest BCUT2D eigenvalue weighted by Gasteiger charge is 2.26. The Kier molecular flexibility index (Phi) is 5.76. The lowest BCUT2D eigenvalue weighted by atomic mass is 10.0. The number of nitrogens with zero attached hydrogens (tertiary/aromatic N) is 2. The van der Waals surface area contributed by atoms with Crippen molar-refractivity contribution in [1.82, 2.24) is 9.80 Å². The summed E-state index contributed by atoms with van der Waals surface area (Å²) in [6.07, 6.45) is 3.96. The number of thiocarbonyl (C=S) groups is 1. The van der Waals surface area contributed by atoms with Gasteiger partial charge in [-0.05, 0) is 88.4 Å². The fourth-order valence-corrected chi connectivity index (χ4v) is 3.62. The Hall–Kier alpha value is -1.85. The Labute approximate surface area is 155 Å². The van der Waals surface area contributed by atoms with Crippen LogP contribution in [0.5, 0.6) is 0 Å². The zero-order chi connectivity index (χ0) is 17.8. The van der Waals surface area contributed by atoms with Gasteiger partial charge in [0.2, 0.25) is 0 Å². The van der Waals surface area contributed by atoms with Crippen molar-refractivity contribution < 1.29 is 4.42 Å². The first-order chi connectivity index (χ1) is 12.0. The van der Waals surface area contributed by atoms with E-state index in [2.05, 4.69) is 54.2 Å². The lowest BCUT2D eigenvalue weighted by Crippen LogP contribution is -2.47. The number of anilines is 1. The molecule has 1 aliphatic heterocycles. The van der Waals surface area contributed by atoms with E-state index < -0.39 is 0 Å². The molecule has 2 aromatic rings. The third kappa shape index (κ3) is 4.61. The lowest BCUT2D eigenvalue weighted by molar-refractivity contribution is 0.168. The normalized spacial score (nSPS) is 16.0. The summed E-state index contributed by atoms with van der Waals surface area (Å²) in [5, 5.41) is 4.25. The highest BCUT2D eigenvalue weighted by Crippen LogP contribution is 2.22. The molecule has 1 N–H and O–H groups in total. The maximum Gasteiger partial charge on any atom is 0.174 e. The number of benzene rings is 1. The van der Waals surface area contributed by atoms with Crippen LogP contribution in [0.25, 0.3) is 0 Å². The predicted molar refractivity (Wildman–Crippen MR) is 107 cm³/mol. The number of piperidine rings is 1. The van der Waals surface area contributed by atoms with E-state index in [1.165, 1.54) is 11.1 Å². The molecule has 5 heteroatoms. The second-order valence-corrected chi connectivity index (χ2v) is 7.38. The van der Waals surface area contributed by atoms with Crippen LogP contribution >= 0.6 is 12.2 Å². The van der Waals surface area contributed by atoms with E-state index in [1.807, 2.05) is 12.1 Å². The van der Waals surface area contributed by atoms with Gasteiger partial charge in [-0.1, -0.05) is 12.1 Å². The van der Waals surface area contributed by atoms with Crippen molar-refractivity contribution in [3.63, 3.8) is 0 Å². The zero-order valence-electron chi connectivity index (χ0n) is 15.3. The Morgan fingerprint density at radius 1 is 1.28 bits per heavy atom. The molecule has 0 aliphatic carbocycles. The van der Waals surface area contributed by atoms with E-state index in [1.54, 1.807) is 6.26 Å².